The topological polar surface area (TPSA) is 83.6 Å². The van der Waals surface area contributed by atoms with Crippen LogP contribution in [-0.2, 0) is 0 Å². The molecule has 0 bridgehead atoms. The third kappa shape index (κ3) is 6.20. The summed E-state index contributed by atoms with van der Waals surface area (Å²) in [6, 6.07) is 0. The molecule has 0 amide bonds. The second kappa shape index (κ2) is 6.44. The Morgan fingerprint density at radius 1 is 1.78 bits per heavy atom. The fourth-order valence-corrected chi connectivity index (χ4v) is 0.221. The van der Waals surface area contributed by atoms with Gasteiger partial charge in [0, 0.05) is 0 Å². The van der Waals surface area contributed by atoms with Crippen molar-refractivity contribution >= 4 is 0 Å². The van der Waals surface area contributed by atoms with Crippen LogP contribution in [0.25, 0.3) is 0 Å². The van der Waals surface area contributed by atoms with Crippen molar-refractivity contribution in [1.29, 1.82) is 0 Å². The third-order valence-electron chi connectivity index (χ3n) is 0.631. The third-order valence-corrected chi connectivity index (χ3v) is 0.631. The molecule has 50 valence electrons. The molecule has 0 aliphatic heterocycles. The summed E-state index contributed by atoms with van der Waals surface area (Å²) in [5, 5.41) is 25.8. The molecule has 0 spiro atoms. The van der Waals surface area contributed by atoms with E-state index in [2.05, 4.69) is 0 Å². The van der Waals surface area contributed by atoms with Gasteiger partial charge >= 0.3 is 35.8 Å². The first-order chi connectivity index (χ1) is 3.68. The van der Waals surface area contributed by atoms with Crippen molar-refractivity contribution < 1.29 is 46.1 Å². The monoisotopic (exact) mass is 145 g/mol. The summed E-state index contributed by atoms with van der Waals surface area (Å²) in [4.78, 5) is 8.68. The van der Waals surface area contributed by atoms with Crippen LogP contribution in [0.15, 0.2) is 0 Å². The standard InChI is InChI=1S/C3H7NO4.Na.H/c5-2-1-3(6)4(7)8;;/h3,5-6H,1-2H2;;/q;+1;-1. The Morgan fingerprint density at radius 3 is 2.33 bits per heavy atom. The molecular formula is C3H8NNaO4. The van der Waals surface area contributed by atoms with E-state index in [1.54, 1.807) is 0 Å². The maximum Gasteiger partial charge on any atom is 1.00 e. The average molecular weight is 145 g/mol. The van der Waals surface area contributed by atoms with Crippen molar-refractivity contribution in [3.05, 3.63) is 10.1 Å². The van der Waals surface area contributed by atoms with Crippen LogP contribution < -0.4 is 29.6 Å². The number of aliphatic hydroxyl groups is 2. The van der Waals surface area contributed by atoms with Crippen molar-refractivity contribution in [2.45, 2.75) is 12.6 Å². The van der Waals surface area contributed by atoms with E-state index in [1.165, 1.54) is 0 Å². The first-order valence-corrected chi connectivity index (χ1v) is 2.11. The van der Waals surface area contributed by atoms with E-state index in [-0.39, 0.29) is 44.0 Å². The molecule has 0 aromatic carbocycles. The summed E-state index contributed by atoms with van der Waals surface area (Å²) in [6.45, 7) is -0.359. The van der Waals surface area contributed by atoms with Crippen molar-refractivity contribution in [3.63, 3.8) is 0 Å². The zero-order chi connectivity index (χ0) is 6.57. The Labute approximate surface area is 75.6 Å². The van der Waals surface area contributed by atoms with Crippen molar-refractivity contribution in [2.75, 3.05) is 6.61 Å². The van der Waals surface area contributed by atoms with Crippen molar-refractivity contribution in [2.24, 2.45) is 0 Å². The van der Waals surface area contributed by atoms with Gasteiger partial charge in [-0.05, 0) is 0 Å². The van der Waals surface area contributed by atoms with E-state index in [4.69, 9.17) is 10.2 Å². The van der Waals surface area contributed by atoms with Gasteiger partial charge in [-0.1, -0.05) is 0 Å². The summed E-state index contributed by atoms with van der Waals surface area (Å²) in [5.41, 5.74) is 0. The van der Waals surface area contributed by atoms with Gasteiger partial charge in [-0.2, -0.15) is 0 Å². The molecule has 5 nitrogen and oxygen atoms in total. The van der Waals surface area contributed by atoms with Gasteiger partial charge in [-0.25, -0.2) is 0 Å². The van der Waals surface area contributed by atoms with Gasteiger partial charge in [-0.3, -0.25) is 10.1 Å². The minimum atomic E-state index is -1.61. The predicted molar refractivity (Wildman–Crippen MR) is 25.8 cm³/mol. The zero-order valence-corrected chi connectivity index (χ0v) is 7.15. The Morgan fingerprint density at radius 2 is 2.22 bits per heavy atom. The predicted octanol–water partition coefficient (Wildman–Crippen LogP) is -3.92. The quantitative estimate of drug-likeness (QED) is 0.184. The van der Waals surface area contributed by atoms with Gasteiger partial charge < -0.3 is 11.6 Å². The number of hydrogen-bond donors (Lipinski definition) is 2. The molecule has 0 rings (SSSR count). The van der Waals surface area contributed by atoms with Crippen molar-refractivity contribution in [1.82, 2.24) is 0 Å². The van der Waals surface area contributed by atoms with E-state index in [0.717, 1.165) is 0 Å². The van der Waals surface area contributed by atoms with E-state index in [0.29, 0.717) is 0 Å². The molecule has 0 radical (unpaired) electrons. The normalized spacial score (nSPS) is 11.8. The Kier molecular flexibility index (Phi) is 8.62. The Bertz CT molecular complexity index is 92.6. The van der Waals surface area contributed by atoms with Crippen LogP contribution in [0.3, 0.4) is 0 Å². The van der Waals surface area contributed by atoms with Crippen molar-refractivity contribution in [3.8, 4) is 0 Å². The van der Waals surface area contributed by atoms with Crippen LogP contribution in [0.1, 0.15) is 7.85 Å². The summed E-state index contributed by atoms with van der Waals surface area (Å²) in [7, 11) is 0. The molecule has 0 fully saturated rings. The van der Waals surface area contributed by atoms with E-state index < -0.39 is 11.2 Å². The molecule has 0 aliphatic carbocycles. The molecule has 0 saturated carbocycles. The van der Waals surface area contributed by atoms with Crippen LogP contribution >= 0.6 is 0 Å². The van der Waals surface area contributed by atoms with Gasteiger partial charge in [-0.15, -0.1) is 0 Å². The zero-order valence-electron chi connectivity index (χ0n) is 6.15. The second-order valence-corrected chi connectivity index (χ2v) is 1.28. The van der Waals surface area contributed by atoms with Crippen LogP contribution in [-0.4, -0.2) is 28.0 Å². The summed E-state index contributed by atoms with van der Waals surface area (Å²) in [6.07, 6.45) is -1.81. The van der Waals surface area contributed by atoms with Gasteiger partial charge in [0.2, 0.25) is 0 Å². The number of rotatable bonds is 3. The minimum absolute atomic E-state index is 0. The molecular weight excluding hydrogens is 137 g/mol. The van der Waals surface area contributed by atoms with Gasteiger partial charge in [0.15, 0.2) is 0 Å². The van der Waals surface area contributed by atoms with Crippen LogP contribution in [0.4, 0.5) is 0 Å². The fraction of sp³-hybridized carbons (Fsp3) is 1.00. The second-order valence-electron chi connectivity index (χ2n) is 1.28. The van der Waals surface area contributed by atoms with E-state index in [9.17, 15) is 10.1 Å². The van der Waals surface area contributed by atoms with Crippen LogP contribution in [0.5, 0.6) is 0 Å². The smallest absolute Gasteiger partial charge is 1.00 e. The fourth-order valence-electron chi connectivity index (χ4n) is 0.221. The molecule has 9 heavy (non-hydrogen) atoms. The maximum absolute atomic E-state index is 9.53. The minimum Gasteiger partial charge on any atom is -1.00 e. The molecule has 1 unspecified atom stereocenters. The summed E-state index contributed by atoms with van der Waals surface area (Å²) < 4.78 is 0. The van der Waals surface area contributed by atoms with Gasteiger partial charge in [0.1, 0.15) is 0 Å². The Hall–Kier alpha value is 0.320. The SMILES string of the molecule is O=[N+]([O-])C(O)CCO.[H-].[Na+]. The number of hydrogen-bond acceptors (Lipinski definition) is 4. The summed E-state index contributed by atoms with van der Waals surface area (Å²) in [5.74, 6) is 0. The van der Waals surface area contributed by atoms with E-state index >= 15 is 0 Å². The molecule has 2 N–H and O–H groups in total. The van der Waals surface area contributed by atoms with Crippen LogP contribution in [0.2, 0.25) is 0 Å². The summed E-state index contributed by atoms with van der Waals surface area (Å²) >= 11 is 0. The molecule has 0 aromatic rings. The number of nitro groups is 1. The average Bonchev–Trinajstić information content (AvgIpc) is 1.67. The van der Waals surface area contributed by atoms with Gasteiger partial charge in [0.25, 0.3) is 0 Å². The number of aliphatic hydroxyl groups excluding tert-OH is 2. The molecule has 0 aliphatic rings. The number of nitrogens with zero attached hydrogens (tertiary/aromatic N) is 1. The first kappa shape index (κ1) is 12.0. The van der Waals surface area contributed by atoms with E-state index in [1.807, 2.05) is 0 Å². The Balaban J connectivity index is -0.000000245. The molecule has 6 heteroatoms. The largest absolute Gasteiger partial charge is 1.00 e. The van der Waals surface area contributed by atoms with Gasteiger partial charge in [0.05, 0.1) is 18.0 Å². The first-order valence-electron chi connectivity index (χ1n) is 2.11. The maximum atomic E-state index is 9.53. The molecule has 1 atom stereocenters. The molecule has 0 saturated heterocycles. The molecule has 0 heterocycles. The van der Waals surface area contributed by atoms with Crippen LogP contribution in [0, 0.1) is 10.1 Å². The molecule has 0 aromatic heterocycles.